The third-order valence-electron chi connectivity index (χ3n) is 3.56. The molecule has 0 aliphatic heterocycles. The lowest BCUT2D eigenvalue weighted by Gasteiger charge is -2.16. The Bertz CT molecular complexity index is 459. The van der Waals surface area contributed by atoms with Gasteiger partial charge in [-0.05, 0) is 30.4 Å². The van der Waals surface area contributed by atoms with Crippen molar-refractivity contribution in [3.05, 3.63) is 35.4 Å². The second-order valence-corrected chi connectivity index (χ2v) is 4.88. The maximum absolute atomic E-state index is 10.7. The van der Waals surface area contributed by atoms with Gasteiger partial charge in [-0.25, -0.2) is 0 Å². The lowest BCUT2D eigenvalue weighted by Crippen LogP contribution is -2.33. The summed E-state index contributed by atoms with van der Waals surface area (Å²) in [5.74, 6) is -1.04. The van der Waals surface area contributed by atoms with Gasteiger partial charge in [-0.2, -0.15) is 0 Å². The Morgan fingerprint density at radius 2 is 2.11 bits per heavy atom. The molecule has 5 nitrogen and oxygen atoms in total. The molecule has 18 heavy (non-hydrogen) atoms. The minimum atomic E-state index is -1.37. The first-order chi connectivity index (χ1) is 8.45. The monoisotopic (exact) mass is 249 g/mol. The summed E-state index contributed by atoms with van der Waals surface area (Å²) in [6.45, 7) is 0. The summed E-state index contributed by atoms with van der Waals surface area (Å²) in [6.07, 6.45) is 1.71. The van der Waals surface area contributed by atoms with Crippen LogP contribution in [0.4, 0.5) is 0 Å². The predicted molar refractivity (Wildman–Crippen MR) is 66.9 cm³/mol. The Labute approximate surface area is 105 Å². The van der Waals surface area contributed by atoms with E-state index in [1.807, 2.05) is 12.1 Å². The van der Waals surface area contributed by atoms with Gasteiger partial charge in [-0.3, -0.25) is 4.79 Å². The number of carboxylic acid groups (broad SMARTS) is 1. The Hall–Kier alpha value is -1.37. The van der Waals surface area contributed by atoms with Crippen LogP contribution >= 0.6 is 0 Å². The summed E-state index contributed by atoms with van der Waals surface area (Å²) in [6, 6.07) is 6.31. The fraction of sp³-hybridized carbons (Fsp3) is 0.417. The molecule has 1 aliphatic rings. The maximum atomic E-state index is 10.7. The Morgan fingerprint density at radius 1 is 1.44 bits per heavy atom. The molecule has 1 aromatic rings. The SMILES string of the molecule is NC(Cc1cccc(C2(B(O)O)CC2)c1)C(=O)O. The van der Waals surface area contributed by atoms with E-state index in [9.17, 15) is 14.8 Å². The summed E-state index contributed by atoms with van der Waals surface area (Å²) in [7, 11) is -1.37. The second kappa shape index (κ2) is 4.72. The molecule has 0 radical (unpaired) electrons. The lowest BCUT2D eigenvalue weighted by molar-refractivity contribution is -0.138. The second-order valence-electron chi connectivity index (χ2n) is 4.88. The van der Waals surface area contributed by atoms with Crippen molar-refractivity contribution < 1.29 is 19.9 Å². The highest BCUT2D eigenvalue weighted by Crippen LogP contribution is 2.49. The van der Waals surface area contributed by atoms with Gasteiger partial charge in [-0.15, -0.1) is 0 Å². The van der Waals surface area contributed by atoms with Crippen LogP contribution in [0.25, 0.3) is 0 Å². The number of rotatable bonds is 5. The van der Waals surface area contributed by atoms with Crippen LogP contribution in [0.2, 0.25) is 0 Å². The summed E-state index contributed by atoms with van der Waals surface area (Å²) in [5.41, 5.74) is 7.13. The highest BCUT2D eigenvalue weighted by atomic mass is 16.4. The van der Waals surface area contributed by atoms with E-state index in [4.69, 9.17) is 10.8 Å². The molecular weight excluding hydrogens is 233 g/mol. The fourth-order valence-corrected chi connectivity index (χ4v) is 2.18. The summed E-state index contributed by atoms with van der Waals surface area (Å²) >= 11 is 0. The normalized spacial score (nSPS) is 18.2. The minimum Gasteiger partial charge on any atom is -0.480 e. The van der Waals surface area contributed by atoms with Crippen molar-refractivity contribution in [2.45, 2.75) is 30.6 Å². The third-order valence-corrected chi connectivity index (χ3v) is 3.56. The average Bonchev–Trinajstić information content (AvgIpc) is 3.10. The van der Waals surface area contributed by atoms with Gasteiger partial charge < -0.3 is 20.9 Å². The summed E-state index contributed by atoms with van der Waals surface area (Å²) in [5, 5.41) is 27.0. The number of hydrogen-bond acceptors (Lipinski definition) is 4. The smallest absolute Gasteiger partial charge is 0.462 e. The van der Waals surface area contributed by atoms with Crippen LogP contribution in [0, 0.1) is 0 Å². The molecule has 0 aromatic heterocycles. The average molecular weight is 249 g/mol. The van der Waals surface area contributed by atoms with Crippen molar-refractivity contribution in [2.75, 3.05) is 0 Å². The Kier molecular flexibility index (Phi) is 3.43. The van der Waals surface area contributed by atoms with Crippen molar-refractivity contribution in [3.63, 3.8) is 0 Å². The van der Waals surface area contributed by atoms with E-state index in [0.717, 1.165) is 24.0 Å². The van der Waals surface area contributed by atoms with Crippen molar-refractivity contribution >= 4 is 13.1 Å². The van der Waals surface area contributed by atoms with E-state index in [1.54, 1.807) is 12.1 Å². The van der Waals surface area contributed by atoms with E-state index < -0.39 is 24.4 Å². The molecule has 1 aliphatic carbocycles. The van der Waals surface area contributed by atoms with E-state index in [-0.39, 0.29) is 6.42 Å². The van der Waals surface area contributed by atoms with Crippen LogP contribution < -0.4 is 5.73 Å². The number of benzene rings is 1. The first-order valence-corrected chi connectivity index (χ1v) is 5.90. The molecule has 1 aromatic carbocycles. The molecule has 1 fully saturated rings. The molecule has 96 valence electrons. The highest BCUT2D eigenvalue weighted by Gasteiger charge is 2.53. The van der Waals surface area contributed by atoms with Crippen LogP contribution in [-0.2, 0) is 16.5 Å². The van der Waals surface area contributed by atoms with Gasteiger partial charge in [0.15, 0.2) is 0 Å². The van der Waals surface area contributed by atoms with Crippen LogP contribution in [-0.4, -0.2) is 34.3 Å². The molecule has 0 heterocycles. The van der Waals surface area contributed by atoms with Gasteiger partial charge in [0.2, 0.25) is 0 Å². The van der Waals surface area contributed by atoms with Gasteiger partial charge in [0.05, 0.1) is 0 Å². The van der Waals surface area contributed by atoms with Crippen molar-refractivity contribution in [3.8, 4) is 0 Å². The zero-order valence-electron chi connectivity index (χ0n) is 9.91. The lowest BCUT2D eigenvalue weighted by atomic mass is 9.65. The molecule has 2 rings (SSSR count). The van der Waals surface area contributed by atoms with Gasteiger partial charge in [0, 0.05) is 5.31 Å². The van der Waals surface area contributed by atoms with E-state index >= 15 is 0 Å². The number of carbonyl (C=O) groups is 1. The summed E-state index contributed by atoms with van der Waals surface area (Å²) in [4.78, 5) is 10.7. The fourth-order valence-electron chi connectivity index (χ4n) is 2.18. The molecule has 1 saturated carbocycles. The third kappa shape index (κ3) is 2.41. The molecule has 0 spiro atoms. The van der Waals surface area contributed by atoms with Gasteiger partial charge in [-0.1, -0.05) is 24.3 Å². The topological polar surface area (TPSA) is 104 Å². The standard InChI is InChI=1S/C12H16BNO4/c14-10(11(15)16)7-8-2-1-3-9(6-8)12(4-5-12)13(17)18/h1-3,6,10,17-18H,4-5,7,14H2,(H,15,16). The van der Waals surface area contributed by atoms with Crippen LogP contribution in [0.3, 0.4) is 0 Å². The first kappa shape index (κ1) is 13.1. The molecule has 0 saturated heterocycles. The number of nitrogens with two attached hydrogens (primary N) is 1. The molecule has 1 atom stereocenters. The van der Waals surface area contributed by atoms with E-state index in [0.29, 0.717) is 0 Å². The van der Waals surface area contributed by atoms with Gasteiger partial charge in [0.1, 0.15) is 6.04 Å². The molecule has 5 N–H and O–H groups in total. The van der Waals surface area contributed by atoms with Gasteiger partial charge >= 0.3 is 13.1 Å². The Morgan fingerprint density at radius 3 is 2.61 bits per heavy atom. The van der Waals surface area contributed by atoms with Crippen LogP contribution in [0.1, 0.15) is 24.0 Å². The molecule has 0 bridgehead atoms. The first-order valence-electron chi connectivity index (χ1n) is 5.90. The van der Waals surface area contributed by atoms with Crippen molar-refractivity contribution in [2.24, 2.45) is 5.73 Å². The molecule has 6 heteroatoms. The molecular formula is C12H16BNO4. The number of hydrogen-bond donors (Lipinski definition) is 4. The largest absolute Gasteiger partial charge is 0.480 e. The summed E-state index contributed by atoms with van der Waals surface area (Å²) < 4.78 is 0. The van der Waals surface area contributed by atoms with Gasteiger partial charge in [0.25, 0.3) is 0 Å². The van der Waals surface area contributed by atoms with Crippen LogP contribution in [0.5, 0.6) is 0 Å². The van der Waals surface area contributed by atoms with Crippen molar-refractivity contribution in [1.82, 2.24) is 0 Å². The molecule has 1 unspecified atom stereocenters. The Balaban J connectivity index is 2.18. The van der Waals surface area contributed by atoms with Crippen molar-refractivity contribution in [1.29, 1.82) is 0 Å². The van der Waals surface area contributed by atoms with E-state index in [1.165, 1.54) is 0 Å². The number of carboxylic acids is 1. The molecule has 0 amide bonds. The van der Waals surface area contributed by atoms with Crippen LogP contribution in [0.15, 0.2) is 24.3 Å². The zero-order chi connectivity index (χ0) is 13.3. The predicted octanol–water partition coefficient (Wildman–Crippen LogP) is -0.315. The van der Waals surface area contributed by atoms with E-state index in [2.05, 4.69) is 0 Å². The highest BCUT2D eigenvalue weighted by molar-refractivity contribution is 6.47. The quantitative estimate of drug-likeness (QED) is 0.535. The zero-order valence-corrected chi connectivity index (χ0v) is 9.91. The minimum absolute atomic E-state index is 0.237. The number of aliphatic carboxylic acids is 1. The maximum Gasteiger partial charge on any atom is 0.462 e.